The lowest BCUT2D eigenvalue weighted by atomic mass is 10.1. The molecule has 0 fully saturated rings. The van der Waals surface area contributed by atoms with Crippen molar-refractivity contribution in [1.82, 2.24) is 5.32 Å². The summed E-state index contributed by atoms with van der Waals surface area (Å²) < 4.78 is 52.3. The van der Waals surface area contributed by atoms with E-state index in [9.17, 15) is 22.4 Å². The van der Waals surface area contributed by atoms with Crippen LogP contribution in [-0.2, 0) is 17.4 Å². The van der Waals surface area contributed by atoms with Gasteiger partial charge in [-0.2, -0.15) is 13.2 Å². The van der Waals surface area contributed by atoms with E-state index in [0.717, 1.165) is 12.1 Å². The molecule has 0 spiro atoms. The van der Waals surface area contributed by atoms with Gasteiger partial charge in [0.25, 0.3) is 0 Å². The zero-order valence-corrected chi connectivity index (χ0v) is 13.7. The van der Waals surface area contributed by atoms with Gasteiger partial charge < -0.3 is 10.6 Å². The van der Waals surface area contributed by atoms with Gasteiger partial charge >= 0.3 is 6.18 Å². The number of carbonyl (C=O) groups excluding carboxylic acids is 1. The molecule has 0 aliphatic rings. The standard InChI is InChI=1S/C17H15ClF4N2O/c18-12-5-6-15(13(9-12)17(20,21)22)24-16(25)10-23-8-7-11-3-1-2-4-14(11)19/h1-6,9,23H,7-8,10H2,(H,24,25). The first-order valence-corrected chi connectivity index (χ1v) is 7.76. The van der Waals surface area contributed by atoms with Gasteiger partial charge in [0.15, 0.2) is 0 Å². The maximum absolute atomic E-state index is 13.4. The summed E-state index contributed by atoms with van der Waals surface area (Å²) in [4.78, 5) is 11.8. The third kappa shape index (κ3) is 5.72. The van der Waals surface area contributed by atoms with Crippen molar-refractivity contribution in [2.45, 2.75) is 12.6 Å². The lowest BCUT2D eigenvalue weighted by Gasteiger charge is -2.14. The van der Waals surface area contributed by atoms with Crippen LogP contribution in [0.1, 0.15) is 11.1 Å². The predicted octanol–water partition coefficient (Wildman–Crippen LogP) is 4.27. The summed E-state index contributed by atoms with van der Waals surface area (Å²) in [5.74, 6) is -0.980. The molecule has 25 heavy (non-hydrogen) atoms. The van der Waals surface area contributed by atoms with Crippen molar-refractivity contribution in [3.63, 3.8) is 0 Å². The van der Waals surface area contributed by atoms with Crippen molar-refractivity contribution in [2.75, 3.05) is 18.4 Å². The molecule has 0 unspecified atom stereocenters. The first-order valence-electron chi connectivity index (χ1n) is 7.38. The first kappa shape index (κ1) is 19.2. The summed E-state index contributed by atoms with van der Waals surface area (Å²) in [6.45, 7) is 0.107. The number of benzene rings is 2. The number of carbonyl (C=O) groups is 1. The second kappa shape index (κ2) is 8.31. The maximum Gasteiger partial charge on any atom is 0.418 e. The van der Waals surface area contributed by atoms with Crippen LogP contribution in [0.5, 0.6) is 0 Å². The van der Waals surface area contributed by atoms with Crippen LogP contribution in [0.25, 0.3) is 0 Å². The molecule has 2 aromatic rings. The van der Waals surface area contributed by atoms with Crippen LogP contribution in [0.3, 0.4) is 0 Å². The van der Waals surface area contributed by atoms with Gasteiger partial charge in [-0.25, -0.2) is 4.39 Å². The van der Waals surface area contributed by atoms with E-state index in [1.807, 2.05) is 0 Å². The van der Waals surface area contributed by atoms with E-state index >= 15 is 0 Å². The van der Waals surface area contributed by atoms with Gasteiger partial charge in [0, 0.05) is 5.02 Å². The molecule has 2 rings (SSSR count). The number of anilines is 1. The van der Waals surface area contributed by atoms with E-state index < -0.39 is 17.6 Å². The summed E-state index contributed by atoms with van der Waals surface area (Å²) in [6.07, 6.45) is -4.28. The Morgan fingerprint density at radius 2 is 1.84 bits per heavy atom. The van der Waals surface area contributed by atoms with Crippen LogP contribution in [-0.4, -0.2) is 19.0 Å². The van der Waals surface area contributed by atoms with Crippen LogP contribution in [0.4, 0.5) is 23.2 Å². The third-order valence-corrected chi connectivity index (χ3v) is 3.61. The molecule has 3 nitrogen and oxygen atoms in total. The van der Waals surface area contributed by atoms with Gasteiger partial charge in [-0.3, -0.25) is 4.79 Å². The Morgan fingerprint density at radius 3 is 2.52 bits per heavy atom. The maximum atomic E-state index is 13.4. The minimum Gasteiger partial charge on any atom is -0.324 e. The highest BCUT2D eigenvalue weighted by atomic mass is 35.5. The molecule has 0 saturated carbocycles. The molecule has 1 amide bonds. The highest BCUT2D eigenvalue weighted by Crippen LogP contribution is 2.36. The van der Waals surface area contributed by atoms with Crippen LogP contribution < -0.4 is 10.6 Å². The molecule has 0 aliphatic heterocycles. The number of amides is 1. The van der Waals surface area contributed by atoms with Crippen LogP contribution in [0.15, 0.2) is 42.5 Å². The van der Waals surface area contributed by atoms with E-state index in [4.69, 9.17) is 11.6 Å². The molecule has 134 valence electrons. The predicted molar refractivity (Wildman–Crippen MR) is 88.1 cm³/mol. The summed E-state index contributed by atoms with van der Waals surface area (Å²) >= 11 is 5.58. The molecular weight excluding hydrogens is 360 g/mol. The van der Waals surface area contributed by atoms with Crippen molar-refractivity contribution in [3.8, 4) is 0 Å². The smallest absolute Gasteiger partial charge is 0.324 e. The van der Waals surface area contributed by atoms with Crippen LogP contribution >= 0.6 is 11.6 Å². The van der Waals surface area contributed by atoms with Crippen LogP contribution in [0.2, 0.25) is 5.02 Å². The quantitative estimate of drug-likeness (QED) is 0.585. The number of alkyl halides is 3. The molecule has 2 aromatic carbocycles. The fraction of sp³-hybridized carbons (Fsp3) is 0.235. The van der Waals surface area contributed by atoms with Gasteiger partial charge in [-0.1, -0.05) is 29.8 Å². The molecule has 8 heteroatoms. The highest BCUT2D eigenvalue weighted by molar-refractivity contribution is 6.30. The summed E-state index contributed by atoms with van der Waals surface area (Å²) in [6, 6.07) is 9.35. The topological polar surface area (TPSA) is 41.1 Å². The Morgan fingerprint density at radius 1 is 1.12 bits per heavy atom. The molecule has 0 heterocycles. The molecule has 0 bridgehead atoms. The zero-order chi connectivity index (χ0) is 18.4. The average Bonchev–Trinajstić information content (AvgIpc) is 2.54. The van der Waals surface area contributed by atoms with Gasteiger partial charge in [0.2, 0.25) is 5.91 Å². The number of hydrogen-bond donors (Lipinski definition) is 2. The van der Waals surface area contributed by atoms with Gasteiger partial charge in [-0.15, -0.1) is 0 Å². The number of nitrogens with one attached hydrogen (secondary N) is 2. The third-order valence-electron chi connectivity index (χ3n) is 3.38. The SMILES string of the molecule is O=C(CNCCc1ccccc1F)Nc1ccc(Cl)cc1C(F)(F)F. The molecule has 2 N–H and O–H groups in total. The van der Waals surface area contributed by atoms with Gasteiger partial charge in [0.05, 0.1) is 17.8 Å². The minimum atomic E-state index is -4.63. The van der Waals surface area contributed by atoms with Gasteiger partial charge in [0.1, 0.15) is 5.82 Å². The summed E-state index contributed by atoms with van der Waals surface area (Å²) in [7, 11) is 0. The van der Waals surface area contributed by atoms with Crippen molar-refractivity contribution >= 4 is 23.2 Å². The molecule has 0 saturated heterocycles. The van der Waals surface area contributed by atoms with E-state index in [0.29, 0.717) is 18.5 Å². The Kier molecular flexibility index (Phi) is 6.39. The van der Waals surface area contributed by atoms with Crippen molar-refractivity contribution in [2.24, 2.45) is 0 Å². The van der Waals surface area contributed by atoms with Crippen LogP contribution in [0, 0.1) is 5.82 Å². The fourth-order valence-corrected chi connectivity index (χ4v) is 2.35. The largest absolute Gasteiger partial charge is 0.418 e. The second-order valence-electron chi connectivity index (χ2n) is 5.25. The molecule has 0 radical (unpaired) electrons. The van der Waals surface area contributed by atoms with E-state index in [1.165, 1.54) is 12.1 Å². The van der Waals surface area contributed by atoms with Crippen molar-refractivity contribution < 1.29 is 22.4 Å². The highest BCUT2D eigenvalue weighted by Gasteiger charge is 2.34. The Bertz CT molecular complexity index is 750. The number of hydrogen-bond acceptors (Lipinski definition) is 2. The van der Waals surface area contributed by atoms with E-state index in [1.54, 1.807) is 18.2 Å². The Labute approximate surface area is 147 Å². The monoisotopic (exact) mass is 374 g/mol. The molecular formula is C17H15ClF4N2O. The Balaban J connectivity index is 1.88. The number of rotatable bonds is 6. The van der Waals surface area contributed by atoms with Crippen molar-refractivity contribution in [3.05, 3.63) is 64.4 Å². The molecule has 0 aromatic heterocycles. The average molecular weight is 375 g/mol. The summed E-state index contributed by atoms with van der Waals surface area (Å²) in [5.41, 5.74) is -0.884. The molecule has 0 aliphatic carbocycles. The fourth-order valence-electron chi connectivity index (χ4n) is 2.18. The summed E-state index contributed by atoms with van der Waals surface area (Å²) in [5, 5.41) is 4.89. The molecule has 0 atom stereocenters. The lowest BCUT2D eigenvalue weighted by molar-refractivity contribution is -0.137. The van der Waals surface area contributed by atoms with Crippen molar-refractivity contribution in [1.29, 1.82) is 0 Å². The minimum absolute atomic E-state index is 0.0756. The normalized spacial score (nSPS) is 11.4. The lowest BCUT2D eigenvalue weighted by Crippen LogP contribution is -2.30. The van der Waals surface area contributed by atoms with E-state index in [-0.39, 0.29) is 23.1 Å². The zero-order valence-electron chi connectivity index (χ0n) is 13.0. The van der Waals surface area contributed by atoms with E-state index in [2.05, 4.69) is 10.6 Å². The Hall–Kier alpha value is -2.12. The number of halogens is 5. The van der Waals surface area contributed by atoms with Gasteiger partial charge in [-0.05, 0) is 42.8 Å². The second-order valence-corrected chi connectivity index (χ2v) is 5.69. The first-order chi connectivity index (χ1) is 11.8.